The van der Waals surface area contributed by atoms with E-state index >= 15 is 0 Å². The van der Waals surface area contributed by atoms with Gasteiger partial charge in [-0.3, -0.25) is 0 Å². The molecule has 1 unspecified atom stereocenters. The largest absolute Gasteiger partial charge is 0.508 e. The minimum atomic E-state index is -0.616. The third kappa shape index (κ3) is 1.38. The number of rotatable bonds is 1. The fraction of sp³-hybridized carbons (Fsp3) is 0.200. The minimum Gasteiger partial charge on any atom is -0.508 e. The van der Waals surface area contributed by atoms with Gasteiger partial charge >= 0.3 is 0 Å². The van der Waals surface area contributed by atoms with Crippen LogP contribution in [0.2, 0.25) is 0 Å². The van der Waals surface area contributed by atoms with Gasteiger partial charge in [0.05, 0.1) is 0 Å². The quantitative estimate of drug-likeness (QED) is 0.703. The highest BCUT2D eigenvalue weighted by Gasteiger charge is 2.08. The summed E-state index contributed by atoms with van der Waals surface area (Å²) in [5.41, 5.74) is 0.593. The molecule has 3 heteroatoms. The first-order valence-electron chi connectivity index (χ1n) is 4.07. The summed E-state index contributed by atoms with van der Waals surface area (Å²) in [7, 11) is 0. The molecule has 1 atom stereocenters. The van der Waals surface area contributed by atoms with Crippen molar-refractivity contribution >= 4 is 11.0 Å². The number of aliphatic hydroxyl groups is 1. The maximum Gasteiger partial charge on any atom is 0.138 e. The summed E-state index contributed by atoms with van der Waals surface area (Å²) in [6.45, 7) is 1.64. The van der Waals surface area contributed by atoms with Crippen LogP contribution in [0, 0.1) is 0 Å². The monoisotopic (exact) mass is 178 g/mol. The molecule has 0 radical (unpaired) electrons. The van der Waals surface area contributed by atoms with Crippen LogP contribution in [-0.2, 0) is 0 Å². The van der Waals surface area contributed by atoms with Gasteiger partial charge in [-0.05, 0) is 25.1 Å². The molecule has 0 amide bonds. The van der Waals surface area contributed by atoms with Crippen molar-refractivity contribution in [3.8, 4) is 5.75 Å². The summed E-state index contributed by atoms with van der Waals surface area (Å²) in [5, 5.41) is 19.3. The third-order valence-electron chi connectivity index (χ3n) is 1.93. The van der Waals surface area contributed by atoms with Gasteiger partial charge in [0.25, 0.3) is 0 Å². The molecule has 2 N–H and O–H groups in total. The molecule has 2 aromatic rings. The summed E-state index contributed by atoms with van der Waals surface area (Å²) >= 11 is 0. The second kappa shape index (κ2) is 2.78. The first-order valence-corrected chi connectivity index (χ1v) is 4.07. The number of aliphatic hydroxyl groups excluding tert-OH is 1. The van der Waals surface area contributed by atoms with Crippen LogP contribution >= 0.6 is 0 Å². The number of phenols is 1. The van der Waals surface area contributed by atoms with Crippen molar-refractivity contribution in [3.63, 3.8) is 0 Å². The van der Waals surface area contributed by atoms with E-state index in [1.165, 1.54) is 6.07 Å². The Balaban J connectivity index is 2.62. The first-order chi connectivity index (χ1) is 6.16. The van der Waals surface area contributed by atoms with Gasteiger partial charge in [-0.15, -0.1) is 0 Å². The highest BCUT2D eigenvalue weighted by atomic mass is 16.4. The number of hydrogen-bond donors (Lipinski definition) is 2. The third-order valence-corrected chi connectivity index (χ3v) is 1.93. The van der Waals surface area contributed by atoms with Crippen molar-refractivity contribution in [3.05, 3.63) is 30.0 Å². The van der Waals surface area contributed by atoms with Gasteiger partial charge in [0.1, 0.15) is 23.2 Å². The van der Waals surface area contributed by atoms with Crippen molar-refractivity contribution in [2.45, 2.75) is 13.0 Å². The van der Waals surface area contributed by atoms with Gasteiger partial charge < -0.3 is 14.6 Å². The Hall–Kier alpha value is -1.48. The molecule has 68 valence electrons. The Morgan fingerprint density at radius 2 is 2.08 bits per heavy atom. The van der Waals surface area contributed by atoms with Crippen LogP contribution in [0.3, 0.4) is 0 Å². The van der Waals surface area contributed by atoms with E-state index in [-0.39, 0.29) is 5.75 Å². The Labute approximate surface area is 75.2 Å². The van der Waals surface area contributed by atoms with Gasteiger partial charge in [-0.1, -0.05) is 0 Å². The molecule has 13 heavy (non-hydrogen) atoms. The Morgan fingerprint density at radius 3 is 2.77 bits per heavy atom. The summed E-state index contributed by atoms with van der Waals surface area (Å²) in [4.78, 5) is 0. The molecule has 3 nitrogen and oxygen atoms in total. The second-order valence-corrected chi connectivity index (χ2v) is 3.05. The van der Waals surface area contributed by atoms with Crippen LogP contribution in [0.25, 0.3) is 11.0 Å². The van der Waals surface area contributed by atoms with E-state index in [4.69, 9.17) is 9.52 Å². The summed E-state index contributed by atoms with van der Waals surface area (Å²) in [6.07, 6.45) is -0.616. The lowest BCUT2D eigenvalue weighted by Crippen LogP contribution is -1.85. The maximum atomic E-state index is 9.24. The number of furan rings is 1. The van der Waals surface area contributed by atoms with Gasteiger partial charge in [-0.25, -0.2) is 0 Å². The minimum absolute atomic E-state index is 0.166. The molecule has 0 aliphatic heterocycles. The van der Waals surface area contributed by atoms with Gasteiger partial charge in [0, 0.05) is 11.5 Å². The zero-order valence-electron chi connectivity index (χ0n) is 7.19. The molecule has 0 aliphatic carbocycles. The van der Waals surface area contributed by atoms with E-state index in [0.717, 1.165) is 5.39 Å². The molecule has 1 heterocycles. The molecule has 0 saturated heterocycles. The number of aromatic hydroxyl groups is 1. The average Bonchev–Trinajstić information content (AvgIpc) is 2.46. The van der Waals surface area contributed by atoms with Crippen LogP contribution in [0.15, 0.2) is 28.7 Å². The Morgan fingerprint density at radius 1 is 1.31 bits per heavy atom. The summed E-state index contributed by atoms with van der Waals surface area (Å²) in [6, 6.07) is 6.63. The Kier molecular flexibility index (Phi) is 1.74. The lowest BCUT2D eigenvalue weighted by atomic mass is 10.2. The van der Waals surface area contributed by atoms with Gasteiger partial charge in [0.15, 0.2) is 0 Å². The number of phenolic OH excluding ortho intramolecular Hbond substituents is 1. The molecule has 0 saturated carbocycles. The lowest BCUT2D eigenvalue weighted by Gasteiger charge is -1.95. The predicted octanol–water partition coefficient (Wildman–Crippen LogP) is 2.19. The predicted molar refractivity (Wildman–Crippen MR) is 48.5 cm³/mol. The molecule has 1 aromatic heterocycles. The van der Waals surface area contributed by atoms with Crippen molar-refractivity contribution in [2.24, 2.45) is 0 Å². The van der Waals surface area contributed by atoms with Gasteiger partial charge in [-0.2, -0.15) is 0 Å². The molecule has 0 bridgehead atoms. The highest BCUT2D eigenvalue weighted by Crippen LogP contribution is 2.26. The molecule has 0 spiro atoms. The molecule has 0 aliphatic rings. The average molecular weight is 178 g/mol. The zero-order valence-corrected chi connectivity index (χ0v) is 7.19. The second-order valence-electron chi connectivity index (χ2n) is 3.05. The zero-order chi connectivity index (χ0) is 9.42. The van der Waals surface area contributed by atoms with E-state index in [9.17, 15) is 5.11 Å². The van der Waals surface area contributed by atoms with Crippen LogP contribution in [-0.4, -0.2) is 10.2 Å². The van der Waals surface area contributed by atoms with Crippen molar-refractivity contribution in [2.75, 3.05) is 0 Å². The van der Waals surface area contributed by atoms with Crippen molar-refractivity contribution in [1.29, 1.82) is 0 Å². The standard InChI is InChI=1S/C10H10O3/c1-6(11)9-4-7-2-3-8(12)5-10(7)13-9/h2-6,11-12H,1H3. The van der Waals surface area contributed by atoms with E-state index in [0.29, 0.717) is 11.3 Å². The SMILES string of the molecule is CC(O)c1cc2ccc(O)cc2o1. The van der Waals surface area contributed by atoms with Crippen LogP contribution in [0.5, 0.6) is 5.75 Å². The lowest BCUT2D eigenvalue weighted by molar-refractivity contribution is 0.172. The molecular formula is C10H10O3. The molecule has 0 fully saturated rings. The van der Waals surface area contributed by atoms with E-state index in [2.05, 4.69) is 0 Å². The number of hydrogen-bond acceptors (Lipinski definition) is 3. The van der Waals surface area contributed by atoms with E-state index in [1.807, 2.05) is 0 Å². The van der Waals surface area contributed by atoms with Crippen molar-refractivity contribution in [1.82, 2.24) is 0 Å². The molecular weight excluding hydrogens is 168 g/mol. The fourth-order valence-electron chi connectivity index (χ4n) is 1.25. The normalized spacial score (nSPS) is 13.4. The van der Waals surface area contributed by atoms with Crippen LogP contribution in [0.4, 0.5) is 0 Å². The highest BCUT2D eigenvalue weighted by molar-refractivity contribution is 5.79. The Bertz CT molecular complexity index is 429. The van der Waals surface area contributed by atoms with E-state index in [1.54, 1.807) is 25.1 Å². The smallest absolute Gasteiger partial charge is 0.138 e. The van der Waals surface area contributed by atoms with Gasteiger partial charge in [0.2, 0.25) is 0 Å². The fourth-order valence-corrected chi connectivity index (χ4v) is 1.25. The maximum absolute atomic E-state index is 9.24. The molecule has 1 aromatic carbocycles. The topological polar surface area (TPSA) is 53.6 Å². The van der Waals surface area contributed by atoms with E-state index < -0.39 is 6.10 Å². The first kappa shape index (κ1) is 8.13. The summed E-state index contributed by atoms with van der Waals surface area (Å²) < 4.78 is 5.30. The number of benzene rings is 1. The molecule has 2 rings (SSSR count). The summed E-state index contributed by atoms with van der Waals surface area (Å²) in [5.74, 6) is 0.680. The number of fused-ring (bicyclic) bond motifs is 1. The van der Waals surface area contributed by atoms with Crippen molar-refractivity contribution < 1.29 is 14.6 Å². The van der Waals surface area contributed by atoms with Crippen LogP contribution < -0.4 is 0 Å². The van der Waals surface area contributed by atoms with Crippen LogP contribution in [0.1, 0.15) is 18.8 Å².